The van der Waals surface area contributed by atoms with Crippen LogP contribution in [0.2, 0.25) is 0 Å². The Balaban J connectivity index is 2.38. The van der Waals surface area contributed by atoms with Crippen molar-refractivity contribution >= 4 is 23.6 Å². The summed E-state index contributed by atoms with van der Waals surface area (Å²) < 4.78 is 0. The highest BCUT2D eigenvalue weighted by Crippen LogP contribution is 2.20. The maximum absolute atomic E-state index is 12.4. The fourth-order valence-electron chi connectivity index (χ4n) is 1.93. The second-order valence-corrected chi connectivity index (χ2v) is 4.92. The Morgan fingerprint density at radius 1 is 1.42 bits per heavy atom. The number of rotatable bonds is 2. The molecular weight excluding hydrogens is 268 g/mol. The van der Waals surface area contributed by atoms with Crippen LogP contribution < -0.4 is 11.0 Å². The van der Waals surface area contributed by atoms with Gasteiger partial charge in [-0.3, -0.25) is 9.59 Å². The normalized spacial score (nSPS) is 15.3. The summed E-state index contributed by atoms with van der Waals surface area (Å²) in [6.07, 6.45) is 1.75. The molecule has 0 aromatic carbocycles. The Kier molecular flexibility index (Phi) is 3.89. The Morgan fingerprint density at radius 2 is 2.16 bits per heavy atom. The number of piperazine rings is 1. The highest BCUT2D eigenvalue weighted by Gasteiger charge is 2.26. The van der Waals surface area contributed by atoms with Gasteiger partial charge in [-0.05, 0) is 13.2 Å². The molecule has 2 heterocycles. The number of nitrogens with zero attached hydrogens (tertiary/aromatic N) is 2. The van der Waals surface area contributed by atoms with Crippen LogP contribution in [0.4, 0.5) is 0 Å². The third kappa shape index (κ3) is 2.78. The second kappa shape index (κ2) is 5.43. The molecule has 102 valence electrons. The van der Waals surface area contributed by atoms with E-state index in [1.807, 2.05) is 0 Å². The monoisotopic (exact) mass is 282 g/mol. The van der Waals surface area contributed by atoms with Crippen molar-refractivity contribution in [3.8, 4) is 0 Å². The van der Waals surface area contributed by atoms with Crippen molar-refractivity contribution in [2.24, 2.45) is 0 Å². The number of hydrogen-bond donors (Lipinski definition) is 2. The lowest BCUT2D eigenvalue weighted by atomic mass is 10.2. The van der Waals surface area contributed by atoms with Crippen molar-refractivity contribution in [3.63, 3.8) is 0 Å². The molecule has 1 aromatic heterocycles. The molecule has 2 N–H and O–H groups in total. The number of aromatic nitrogens is 2. The van der Waals surface area contributed by atoms with Crippen molar-refractivity contribution in [1.82, 2.24) is 20.2 Å². The number of carbonyl (C=O) groups is 2. The number of thioether (sulfide) groups is 1. The average molecular weight is 282 g/mol. The standard InChI is InChI=1S/C11H14N4O3S/c1-6-8(9(19-2)14-11(18)13-6)10(17)15-4-3-12-7(16)5-15/h3-5H2,1-2H3,(H,12,16)(H,13,14,18). The van der Waals surface area contributed by atoms with Gasteiger partial charge < -0.3 is 15.2 Å². The van der Waals surface area contributed by atoms with Crippen LogP contribution in [0.1, 0.15) is 16.1 Å². The molecule has 1 aliphatic rings. The van der Waals surface area contributed by atoms with Crippen molar-refractivity contribution in [3.05, 3.63) is 21.7 Å². The van der Waals surface area contributed by atoms with E-state index in [2.05, 4.69) is 15.3 Å². The first-order valence-corrected chi connectivity index (χ1v) is 6.96. The summed E-state index contributed by atoms with van der Waals surface area (Å²) in [6.45, 7) is 2.58. The first-order valence-electron chi connectivity index (χ1n) is 5.74. The van der Waals surface area contributed by atoms with Crippen molar-refractivity contribution in [2.45, 2.75) is 11.9 Å². The number of hydrogen-bond acceptors (Lipinski definition) is 5. The summed E-state index contributed by atoms with van der Waals surface area (Å²) in [5, 5.41) is 3.05. The molecule has 1 aliphatic heterocycles. The van der Waals surface area contributed by atoms with E-state index in [1.54, 1.807) is 13.2 Å². The fourth-order valence-corrected chi connectivity index (χ4v) is 2.55. The van der Waals surface area contributed by atoms with E-state index >= 15 is 0 Å². The molecule has 0 atom stereocenters. The molecule has 1 fully saturated rings. The molecule has 0 bridgehead atoms. The minimum Gasteiger partial charge on any atom is -0.353 e. The van der Waals surface area contributed by atoms with Crippen LogP contribution in [0.25, 0.3) is 0 Å². The van der Waals surface area contributed by atoms with Gasteiger partial charge in [-0.15, -0.1) is 11.8 Å². The number of carbonyl (C=O) groups excluding carboxylic acids is 2. The zero-order valence-electron chi connectivity index (χ0n) is 10.6. The van der Waals surface area contributed by atoms with Crippen LogP contribution in [0.3, 0.4) is 0 Å². The molecule has 8 heteroatoms. The lowest BCUT2D eigenvalue weighted by Crippen LogP contribution is -2.50. The summed E-state index contributed by atoms with van der Waals surface area (Å²) >= 11 is 1.24. The van der Waals surface area contributed by atoms with E-state index in [0.717, 1.165) is 0 Å². The Labute approximate surface area is 113 Å². The van der Waals surface area contributed by atoms with Crippen LogP contribution in [-0.4, -0.2) is 52.6 Å². The molecule has 0 spiro atoms. The van der Waals surface area contributed by atoms with E-state index in [0.29, 0.717) is 29.4 Å². The van der Waals surface area contributed by atoms with E-state index in [1.165, 1.54) is 16.7 Å². The summed E-state index contributed by atoms with van der Waals surface area (Å²) in [5.41, 5.74) is 0.358. The zero-order chi connectivity index (χ0) is 14.0. The Hall–Kier alpha value is -1.83. The highest BCUT2D eigenvalue weighted by molar-refractivity contribution is 7.98. The fraction of sp³-hybridized carbons (Fsp3) is 0.455. The number of aryl methyl sites for hydroxylation is 1. The summed E-state index contributed by atoms with van der Waals surface area (Å²) in [4.78, 5) is 42.8. The summed E-state index contributed by atoms with van der Waals surface area (Å²) in [5.74, 6) is -0.458. The number of H-pyrrole nitrogens is 1. The van der Waals surface area contributed by atoms with Gasteiger partial charge in [0.25, 0.3) is 5.91 Å². The molecule has 19 heavy (non-hydrogen) atoms. The zero-order valence-corrected chi connectivity index (χ0v) is 11.5. The number of nitrogens with one attached hydrogen (secondary N) is 2. The first-order chi connectivity index (χ1) is 9.02. The SMILES string of the molecule is CSc1nc(=O)[nH]c(C)c1C(=O)N1CCNC(=O)C1. The molecule has 0 saturated carbocycles. The molecule has 7 nitrogen and oxygen atoms in total. The predicted octanol–water partition coefficient (Wildman–Crippen LogP) is -0.628. The van der Waals surface area contributed by atoms with E-state index in [-0.39, 0.29) is 18.4 Å². The molecule has 2 amide bonds. The second-order valence-electron chi connectivity index (χ2n) is 4.13. The van der Waals surface area contributed by atoms with Gasteiger partial charge in [0.2, 0.25) is 5.91 Å². The highest BCUT2D eigenvalue weighted by atomic mass is 32.2. The molecule has 1 aromatic rings. The lowest BCUT2D eigenvalue weighted by molar-refractivity contribution is -0.123. The minimum atomic E-state index is -0.477. The van der Waals surface area contributed by atoms with Gasteiger partial charge in [-0.1, -0.05) is 0 Å². The van der Waals surface area contributed by atoms with Gasteiger partial charge in [0.1, 0.15) is 5.03 Å². The summed E-state index contributed by atoms with van der Waals surface area (Å²) in [7, 11) is 0. The molecule has 0 aliphatic carbocycles. The third-order valence-electron chi connectivity index (χ3n) is 2.82. The maximum atomic E-state index is 12.4. The first kappa shape index (κ1) is 13.6. The van der Waals surface area contributed by atoms with Crippen LogP contribution in [0.15, 0.2) is 9.82 Å². The van der Waals surface area contributed by atoms with Crippen LogP contribution >= 0.6 is 11.8 Å². The van der Waals surface area contributed by atoms with Crippen LogP contribution in [0, 0.1) is 6.92 Å². The minimum absolute atomic E-state index is 0.0330. The molecule has 1 saturated heterocycles. The Morgan fingerprint density at radius 3 is 2.79 bits per heavy atom. The van der Waals surface area contributed by atoms with Crippen molar-refractivity contribution in [1.29, 1.82) is 0 Å². The Bertz CT molecular complexity index is 584. The van der Waals surface area contributed by atoms with Gasteiger partial charge in [0.05, 0.1) is 12.1 Å². The van der Waals surface area contributed by atoms with E-state index < -0.39 is 5.69 Å². The largest absolute Gasteiger partial charge is 0.353 e. The topological polar surface area (TPSA) is 95.2 Å². The van der Waals surface area contributed by atoms with Crippen molar-refractivity contribution < 1.29 is 9.59 Å². The predicted molar refractivity (Wildman–Crippen MR) is 70.3 cm³/mol. The molecule has 2 rings (SSSR count). The smallest absolute Gasteiger partial charge is 0.346 e. The van der Waals surface area contributed by atoms with Gasteiger partial charge in [-0.2, -0.15) is 4.98 Å². The van der Waals surface area contributed by atoms with Gasteiger partial charge in [0.15, 0.2) is 0 Å². The van der Waals surface area contributed by atoms with Crippen molar-refractivity contribution in [2.75, 3.05) is 25.9 Å². The van der Waals surface area contributed by atoms with E-state index in [4.69, 9.17) is 0 Å². The lowest BCUT2D eigenvalue weighted by Gasteiger charge is -2.27. The van der Waals surface area contributed by atoms with Gasteiger partial charge in [-0.25, -0.2) is 4.79 Å². The summed E-state index contributed by atoms with van der Waals surface area (Å²) in [6, 6.07) is 0. The molecule has 0 unspecified atom stereocenters. The van der Waals surface area contributed by atoms with E-state index in [9.17, 15) is 14.4 Å². The van der Waals surface area contributed by atoms with Crippen LogP contribution in [0.5, 0.6) is 0 Å². The third-order valence-corrected chi connectivity index (χ3v) is 3.50. The van der Waals surface area contributed by atoms with Gasteiger partial charge >= 0.3 is 5.69 Å². The average Bonchev–Trinajstić information content (AvgIpc) is 2.37. The maximum Gasteiger partial charge on any atom is 0.346 e. The molecule has 0 radical (unpaired) electrons. The number of amides is 2. The van der Waals surface area contributed by atoms with Gasteiger partial charge in [0, 0.05) is 18.8 Å². The van der Waals surface area contributed by atoms with Crippen LogP contribution in [-0.2, 0) is 4.79 Å². The number of aromatic amines is 1. The quantitative estimate of drug-likeness (QED) is 0.556. The molecular formula is C11H14N4O3S.